The molecule has 0 bridgehead atoms. The molecule has 1 aromatic rings. The lowest BCUT2D eigenvalue weighted by molar-refractivity contribution is 0.463. The van der Waals surface area contributed by atoms with E-state index in [0.29, 0.717) is 6.04 Å². The summed E-state index contributed by atoms with van der Waals surface area (Å²) < 4.78 is 1.40. The molecule has 0 spiro atoms. The van der Waals surface area contributed by atoms with E-state index in [1.165, 1.54) is 29.9 Å². The van der Waals surface area contributed by atoms with Gasteiger partial charge in [-0.25, -0.2) is 0 Å². The summed E-state index contributed by atoms with van der Waals surface area (Å²) >= 11 is 3.73. The zero-order valence-corrected chi connectivity index (χ0v) is 9.95. The first-order valence-corrected chi connectivity index (χ1v) is 7.14. The van der Waals surface area contributed by atoms with Crippen LogP contribution in [-0.2, 0) is 0 Å². The lowest BCUT2D eigenvalue weighted by atomic mass is 10.0. The SMILES string of the molecule is NC(CSc1cccs1)C1CCCC1. The third-order valence-electron chi connectivity index (χ3n) is 2.92. The molecule has 1 fully saturated rings. The molecule has 0 aliphatic heterocycles. The van der Waals surface area contributed by atoms with Gasteiger partial charge in [-0.05, 0) is 30.2 Å². The van der Waals surface area contributed by atoms with Crippen molar-refractivity contribution in [3.8, 4) is 0 Å². The van der Waals surface area contributed by atoms with E-state index >= 15 is 0 Å². The van der Waals surface area contributed by atoms with E-state index in [1.54, 1.807) is 0 Å². The van der Waals surface area contributed by atoms with Crippen LogP contribution in [0.1, 0.15) is 25.7 Å². The number of thiophene rings is 1. The zero-order chi connectivity index (χ0) is 9.80. The number of nitrogens with two attached hydrogens (primary N) is 1. The molecule has 3 heteroatoms. The molecular weight excluding hydrogens is 210 g/mol. The molecule has 2 N–H and O–H groups in total. The molecule has 1 aliphatic rings. The van der Waals surface area contributed by atoms with E-state index in [1.807, 2.05) is 23.1 Å². The van der Waals surface area contributed by atoms with E-state index in [0.717, 1.165) is 11.7 Å². The second kappa shape index (κ2) is 5.19. The summed E-state index contributed by atoms with van der Waals surface area (Å²) in [7, 11) is 0. The van der Waals surface area contributed by atoms with Gasteiger partial charge >= 0.3 is 0 Å². The van der Waals surface area contributed by atoms with Crippen LogP contribution >= 0.6 is 23.1 Å². The van der Waals surface area contributed by atoms with Crippen molar-refractivity contribution in [3.05, 3.63) is 17.5 Å². The lowest BCUT2D eigenvalue weighted by Gasteiger charge is -2.17. The Hall–Kier alpha value is 0.01000. The Kier molecular flexibility index (Phi) is 3.90. The average molecular weight is 227 g/mol. The number of rotatable bonds is 4. The second-order valence-corrected chi connectivity index (χ2v) is 6.22. The van der Waals surface area contributed by atoms with Gasteiger partial charge in [0.2, 0.25) is 0 Å². The second-order valence-electron chi connectivity index (χ2n) is 3.95. The zero-order valence-electron chi connectivity index (χ0n) is 8.32. The summed E-state index contributed by atoms with van der Waals surface area (Å²) in [6.45, 7) is 0. The van der Waals surface area contributed by atoms with Crippen molar-refractivity contribution in [3.63, 3.8) is 0 Å². The van der Waals surface area contributed by atoms with Gasteiger partial charge < -0.3 is 5.73 Å². The quantitative estimate of drug-likeness (QED) is 0.798. The monoisotopic (exact) mass is 227 g/mol. The van der Waals surface area contributed by atoms with Gasteiger partial charge in [0.05, 0.1) is 4.21 Å². The van der Waals surface area contributed by atoms with E-state index < -0.39 is 0 Å². The van der Waals surface area contributed by atoms with Gasteiger partial charge in [-0.15, -0.1) is 23.1 Å². The van der Waals surface area contributed by atoms with Crippen molar-refractivity contribution < 1.29 is 0 Å². The molecule has 0 saturated heterocycles. The van der Waals surface area contributed by atoms with Crippen molar-refractivity contribution in [2.45, 2.75) is 35.9 Å². The Labute approximate surface area is 94.1 Å². The number of hydrogen-bond donors (Lipinski definition) is 1. The summed E-state index contributed by atoms with van der Waals surface area (Å²) in [4.78, 5) is 0. The first-order valence-electron chi connectivity index (χ1n) is 5.28. The third kappa shape index (κ3) is 2.75. The topological polar surface area (TPSA) is 26.0 Å². The summed E-state index contributed by atoms with van der Waals surface area (Å²) in [5.41, 5.74) is 6.18. The predicted octanol–water partition coefficient (Wildman–Crippen LogP) is 3.36. The van der Waals surface area contributed by atoms with Crippen molar-refractivity contribution in [2.75, 3.05) is 5.75 Å². The molecule has 1 aromatic heterocycles. The molecule has 1 atom stereocenters. The predicted molar refractivity (Wildman–Crippen MR) is 65.0 cm³/mol. The molecule has 1 heterocycles. The van der Waals surface area contributed by atoms with Crippen LogP contribution in [0, 0.1) is 5.92 Å². The van der Waals surface area contributed by atoms with Crippen molar-refractivity contribution in [1.82, 2.24) is 0 Å². The number of thioether (sulfide) groups is 1. The van der Waals surface area contributed by atoms with Crippen LogP contribution in [0.15, 0.2) is 21.7 Å². The van der Waals surface area contributed by atoms with Crippen LogP contribution in [0.2, 0.25) is 0 Å². The highest BCUT2D eigenvalue weighted by atomic mass is 32.2. The fourth-order valence-electron chi connectivity index (χ4n) is 2.05. The average Bonchev–Trinajstić information content (AvgIpc) is 2.87. The molecule has 1 aliphatic carbocycles. The maximum absolute atomic E-state index is 6.18. The first-order chi connectivity index (χ1) is 6.86. The Morgan fingerprint density at radius 3 is 2.93 bits per heavy atom. The van der Waals surface area contributed by atoms with Gasteiger partial charge in [0.1, 0.15) is 0 Å². The van der Waals surface area contributed by atoms with Crippen LogP contribution in [0.4, 0.5) is 0 Å². The summed E-state index contributed by atoms with van der Waals surface area (Å²) in [5.74, 6) is 1.88. The van der Waals surface area contributed by atoms with Gasteiger partial charge in [0.25, 0.3) is 0 Å². The lowest BCUT2D eigenvalue weighted by Crippen LogP contribution is -2.30. The van der Waals surface area contributed by atoms with Crippen LogP contribution in [0.3, 0.4) is 0 Å². The van der Waals surface area contributed by atoms with E-state index in [9.17, 15) is 0 Å². The minimum atomic E-state index is 0.407. The van der Waals surface area contributed by atoms with Crippen LogP contribution in [0.25, 0.3) is 0 Å². The number of hydrogen-bond acceptors (Lipinski definition) is 3. The maximum atomic E-state index is 6.18. The summed E-state index contributed by atoms with van der Waals surface area (Å²) in [6.07, 6.45) is 5.49. The fourth-order valence-corrected chi connectivity index (χ4v) is 3.94. The standard InChI is InChI=1S/C11H17NS2/c12-10(9-4-1-2-5-9)8-14-11-6-3-7-13-11/h3,6-7,9-10H,1-2,4-5,8,12H2. The highest BCUT2D eigenvalue weighted by Gasteiger charge is 2.21. The minimum absolute atomic E-state index is 0.407. The summed E-state index contributed by atoms with van der Waals surface area (Å²) in [5, 5.41) is 2.13. The van der Waals surface area contributed by atoms with E-state index in [2.05, 4.69) is 17.5 Å². The fraction of sp³-hybridized carbons (Fsp3) is 0.636. The van der Waals surface area contributed by atoms with E-state index in [4.69, 9.17) is 5.73 Å². The normalized spacial score (nSPS) is 20.1. The highest BCUT2D eigenvalue weighted by Crippen LogP contribution is 2.30. The largest absolute Gasteiger partial charge is 0.327 e. The summed E-state index contributed by atoms with van der Waals surface area (Å²) in [6, 6.07) is 4.69. The smallest absolute Gasteiger partial charge is 0.0599 e. The molecule has 1 nitrogen and oxygen atoms in total. The van der Waals surface area contributed by atoms with Crippen LogP contribution in [0.5, 0.6) is 0 Å². The Balaban J connectivity index is 1.74. The first kappa shape index (κ1) is 10.5. The van der Waals surface area contributed by atoms with Gasteiger partial charge in [0, 0.05) is 11.8 Å². The Morgan fingerprint density at radius 2 is 2.29 bits per heavy atom. The van der Waals surface area contributed by atoms with Crippen molar-refractivity contribution >= 4 is 23.1 Å². The van der Waals surface area contributed by atoms with Crippen LogP contribution < -0.4 is 5.73 Å². The van der Waals surface area contributed by atoms with Gasteiger partial charge in [0.15, 0.2) is 0 Å². The molecule has 0 aromatic carbocycles. The minimum Gasteiger partial charge on any atom is -0.327 e. The van der Waals surface area contributed by atoms with Crippen molar-refractivity contribution in [1.29, 1.82) is 0 Å². The molecule has 0 amide bonds. The third-order valence-corrected chi connectivity index (χ3v) is 5.19. The maximum Gasteiger partial charge on any atom is 0.0599 e. The molecule has 2 rings (SSSR count). The van der Waals surface area contributed by atoms with Crippen LogP contribution in [-0.4, -0.2) is 11.8 Å². The van der Waals surface area contributed by atoms with Gasteiger partial charge in [-0.2, -0.15) is 0 Å². The molecule has 1 unspecified atom stereocenters. The molecule has 78 valence electrons. The molecular formula is C11H17NS2. The van der Waals surface area contributed by atoms with E-state index in [-0.39, 0.29) is 0 Å². The highest BCUT2D eigenvalue weighted by molar-refractivity contribution is 8.01. The van der Waals surface area contributed by atoms with Crippen molar-refractivity contribution in [2.24, 2.45) is 11.7 Å². The molecule has 14 heavy (non-hydrogen) atoms. The van der Waals surface area contributed by atoms with Gasteiger partial charge in [-0.1, -0.05) is 18.9 Å². The van der Waals surface area contributed by atoms with Gasteiger partial charge in [-0.3, -0.25) is 0 Å². The molecule has 1 saturated carbocycles. The Morgan fingerprint density at radius 1 is 1.50 bits per heavy atom. The molecule has 0 radical (unpaired) electrons. The Bertz CT molecular complexity index is 252.